The molecule has 0 spiro atoms. The van der Waals surface area contributed by atoms with E-state index in [4.69, 9.17) is 4.74 Å². The van der Waals surface area contributed by atoms with E-state index in [0.29, 0.717) is 11.3 Å². The first kappa shape index (κ1) is 21.1. The average Bonchev–Trinajstić information content (AvgIpc) is 3.17. The smallest absolute Gasteiger partial charge is 0.425 e. The van der Waals surface area contributed by atoms with Crippen molar-refractivity contribution in [3.8, 4) is 5.75 Å². The van der Waals surface area contributed by atoms with Crippen molar-refractivity contribution >= 4 is 17.6 Å². The lowest BCUT2D eigenvalue weighted by atomic mass is 10.1. The number of anilines is 1. The van der Waals surface area contributed by atoms with Gasteiger partial charge in [0.15, 0.2) is 5.69 Å². The molecule has 0 bridgehead atoms. The van der Waals surface area contributed by atoms with Crippen LogP contribution in [0.3, 0.4) is 0 Å². The molecule has 0 saturated heterocycles. The third-order valence-corrected chi connectivity index (χ3v) is 4.28. The number of aromatic nitrogens is 2. The van der Waals surface area contributed by atoms with Gasteiger partial charge in [-0.05, 0) is 49.4 Å². The van der Waals surface area contributed by atoms with Crippen molar-refractivity contribution in [2.24, 2.45) is 0 Å². The van der Waals surface area contributed by atoms with Gasteiger partial charge in [0, 0.05) is 24.5 Å². The maximum absolute atomic E-state index is 12.6. The molecule has 0 aliphatic rings. The number of halogens is 3. The molecule has 30 heavy (non-hydrogen) atoms. The van der Waals surface area contributed by atoms with E-state index in [1.165, 1.54) is 17.0 Å². The van der Waals surface area contributed by atoms with Crippen LogP contribution in [0.15, 0.2) is 60.8 Å². The van der Waals surface area contributed by atoms with Crippen LogP contribution in [0.1, 0.15) is 21.6 Å². The zero-order valence-electron chi connectivity index (χ0n) is 16.2. The summed E-state index contributed by atoms with van der Waals surface area (Å²) < 4.78 is 43.6. The molecule has 0 radical (unpaired) electrons. The summed E-state index contributed by atoms with van der Waals surface area (Å²) in [6.07, 6.45) is -3.52. The predicted octanol–water partition coefficient (Wildman–Crippen LogP) is 4.09. The number of hydrogen-bond donors (Lipinski definition) is 0. The quantitative estimate of drug-likeness (QED) is 0.463. The molecule has 9 heteroatoms. The van der Waals surface area contributed by atoms with Gasteiger partial charge < -0.3 is 9.64 Å². The van der Waals surface area contributed by atoms with Crippen molar-refractivity contribution < 1.29 is 27.5 Å². The fourth-order valence-corrected chi connectivity index (χ4v) is 2.64. The highest BCUT2D eigenvalue weighted by molar-refractivity contribution is 6.05. The summed E-state index contributed by atoms with van der Waals surface area (Å²) in [5.74, 6) is -0.773. The Bertz CT molecular complexity index is 1040. The highest BCUT2D eigenvalue weighted by Crippen LogP contribution is 2.27. The number of ether oxygens (including phenoxy) is 1. The third-order valence-electron chi connectivity index (χ3n) is 4.28. The van der Waals surface area contributed by atoms with Gasteiger partial charge in [0.25, 0.3) is 5.91 Å². The number of rotatable bonds is 5. The van der Waals surface area contributed by atoms with Crippen LogP contribution in [-0.4, -0.2) is 28.7 Å². The van der Waals surface area contributed by atoms with Crippen LogP contribution in [0, 0.1) is 6.92 Å². The van der Waals surface area contributed by atoms with Gasteiger partial charge >= 0.3 is 12.1 Å². The van der Waals surface area contributed by atoms with E-state index in [1.54, 1.807) is 31.3 Å². The molecule has 0 N–H and O–H groups in total. The fraction of sp³-hybridized carbons (Fsp3) is 0.190. The summed E-state index contributed by atoms with van der Waals surface area (Å²) in [5.41, 5.74) is 1.09. The van der Waals surface area contributed by atoms with Crippen molar-refractivity contribution in [1.29, 1.82) is 0 Å². The van der Waals surface area contributed by atoms with E-state index in [9.17, 15) is 22.8 Å². The summed E-state index contributed by atoms with van der Waals surface area (Å²) in [6, 6.07) is 14.2. The van der Waals surface area contributed by atoms with Crippen molar-refractivity contribution in [2.75, 3.05) is 11.9 Å². The largest absolute Gasteiger partial charge is 0.435 e. The van der Waals surface area contributed by atoms with Crippen LogP contribution in [-0.2, 0) is 17.5 Å². The SMILES string of the molecule is Cc1ccc(C(=O)N(C)c2ccc(OC(=O)Cn3ccc(C(F)(F)F)n3)cc2)cc1. The van der Waals surface area contributed by atoms with E-state index in [1.807, 2.05) is 19.1 Å². The monoisotopic (exact) mass is 417 g/mol. The van der Waals surface area contributed by atoms with E-state index >= 15 is 0 Å². The number of benzene rings is 2. The van der Waals surface area contributed by atoms with Crippen LogP contribution < -0.4 is 9.64 Å². The Morgan fingerprint density at radius 1 is 1.03 bits per heavy atom. The number of nitrogens with zero attached hydrogens (tertiary/aromatic N) is 3. The van der Waals surface area contributed by atoms with Crippen LogP contribution in [0.5, 0.6) is 5.75 Å². The summed E-state index contributed by atoms with van der Waals surface area (Å²) in [4.78, 5) is 26.0. The second-order valence-corrected chi connectivity index (χ2v) is 6.59. The van der Waals surface area contributed by atoms with Gasteiger partial charge in [0.1, 0.15) is 12.3 Å². The molecule has 2 aromatic carbocycles. The van der Waals surface area contributed by atoms with Gasteiger partial charge in [-0.25, -0.2) is 4.79 Å². The minimum atomic E-state index is -4.58. The molecule has 0 unspecified atom stereocenters. The van der Waals surface area contributed by atoms with Gasteiger partial charge in [-0.15, -0.1) is 0 Å². The highest BCUT2D eigenvalue weighted by atomic mass is 19.4. The first-order valence-electron chi connectivity index (χ1n) is 8.89. The lowest BCUT2D eigenvalue weighted by molar-refractivity contribution is -0.142. The highest BCUT2D eigenvalue weighted by Gasteiger charge is 2.33. The minimum absolute atomic E-state index is 0.195. The van der Waals surface area contributed by atoms with Crippen molar-refractivity contribution in [1.82, 2.24) is 9.78 Å². The number of carbonyl (C=O) groups is 2. The van der Waals surface area contributed by atoms with Crippen LogP contribution >= 0.6 is 0 Å². The summed E-state index contributed by atoms with van der Waals surface area (Å²) in [5, 5.41) is 3.30. The number of amides is 1. The van der Waals surface area contributed by atoms with Crippen molar-refractivity contribution in [3.63, 3.8) is 0 Å². The number of aryl methyl sites for hydroxylation is 1. The Morgan fingerprint density at radius 2 is 1.67 bits per heavy atom. The molecule has 0 aliphatic heterocycles. The Morgan fingerprint density at radius 3 is 2.23 bits per heavy atom. The second-order valence-electron chi connectivity index (χ2n) is 6.59. The summed E-state index contributed by atoms with van der Waals surface area (Å²) in [6.45, 7) is 1.46. The van der Waals surface area contributed by atoms with Gasteiger partial charge in [-0.3, -0.25) is 9.48 Å². The van der Waals surface area contributed by atoms with Crippen LogP contribution in [0.2, 0.25) is 0 Å². The van der Waals surface area contributed by atoms with E-state index < -0.39 is 24.4 Å². The molecular weight excluding hydrogens is 399 g/mol. The Hall–Kier alpha value is -3.62. The molecule has 1 heterocycles. The zero-order chi connectivity index (χ0) is 21.9. The second kappa shape index (κ2) is 8.40. The fourth-order valence-electron chi connectivity index (χ4n) is 2.64. The maximum Gasteiger partial charge on any atom is 0.435 e. The molecule has 3 rings (SSSR count). The average molecular weight is 417 g/mol. The maximum atomic E-state index is 12.6. The van der Waals surface area contributed by atoms with Crippen LogP contribution in [0.25, 0.3) is 0 Å². The summed E-state index contributed by atoms with van der Waals surface area (Å²) >= 11 is 0. The molecule has 0 fully saturated rings. The molecule has 156 valence electrons. The molecule has 1 aromatic heterocycles. The van der Waals surface area contributed by atoms with Crippen molar-refractivity contribution in [3.05, 3.63) is 77.6 Å². The van der Waals surface area contributed by atoms with Crippen LogP contribution in [0.4, 0.5) is 18.9 Å². The van der Waals surface area contributed by atoms with Gasteiger partial charge in [-0.2, -0.15) is 18.3 Å². The van der Waals surface area contributed by atoms with E-state index in [2.05, 4.69) is 5.10 Å². The topological polar surface area (TPSA) is 64.4 Å². The molecule has 0 atom stereocenters. The Balaban J connectivity index is 1.61. The molecule has 6 nitrogen and oxygen atoms in total. The molecule has 0 aliphatic carbocycles. The van der Waals surface area contributed by atoms with E-state index in [0.717, 1.165) is 22.5 Å². The van der Waals surface area contributed by atoms with Gasteiger partial charge in [0.05, 0.1) is 0 Å². The lowest BCUT2D eigenvalue weighted by Gasteiger charge is -2.18. The zero-order valence-corrected chi connectivity index (χ0v) is 16.2. The number of carbonyl (C=O) groups excluding carboxylic acids is 2. The predicted molar refractivity (Wildman–Crippen MR) is 103 cm³/mol. The van der Waals surface area contributed by atoms with Gasteiger partial charge in [0.2, 0.25) is 0 Å². The normalized spacial score (nSPS) is 11.2. The molecule has 1 amide bonds. The minimum Gasteiger partial charge on any atom is -0.425 e. The van der Waals surface area contributed by atoms with Gasteiger partial charge in [-0.1, -0.05) is 17.7 Å². The van der Waals surface area contributed by atoms with Crippen molar-refractivity contribution in [2.45, 2.75) is 19.6 Å². The first-order valence-corrected chi connectivity index (χ1v) is 8.89. The molecule has 0 saturated carbocycles. The third kappa shape index (κ3) is 5.05. The first-order chi connectivity index (χ1) is 14.1. The Kier molecular flexibility index (Phi) is 5.91. The number of hydrogen-bond acceptors (Lipinski definition) is 4. The Labute approximate surface area is 170 Å². The molecule has 3 aromatic rings. The number of esters is 1. The lowest BCUT2D eigenvalue weighted by Crippen LogP contribution is -2.26. The standard InChI is InChI=1S/C21H18F3N3O3/c1-14-3-5-15(6-4-14)20(29)26(2)16-7-9-17(10-8-16)30-19(28)13-27-12-11-18(25-27)21(22,23)24/h3-12H,13H2,1-2H3. The van der Waals surface area contributed by atoms with E-state index in [-0.39, 0.29) is 11.7 Å². The summed E-state index contributed by atoms with van der Waals surface area (Å²) in [7, 11) is 1.62. The number of alkyl halides is 3. The molecular formula is C21H18F3N3O3.